The Bertz CT molecular complexity index is 1620. The van der Waals surface area contributed by atoms with Crippen molar-refractivity contribution in [1.82, 2.24) is 5.32 Å². The highest BCUT2D eigenvalue weighted by molar-refractivity contribution is 7.23. The summed E-state index contributed by atoms with van der Waals surface area (Å²) in [7, 11) is 1.53. The van der Waals surface area contributed by atoms with Crippen LogP contribution in [0.15, 0.2) is 66.7 Å². The average molecular weight is 557 g/mol. The number of nitrogens with two attached hydrogens (primary N) is 1. The van der Waals surface area contributed by atoms with Crippen LogP contribution in [-0.4, -0.2) is 43.5 Å². The van der Waals surface area contributed by atoms with Crippen LogP contribution < -0.4 is 20.5 Å². The molecule has 1 saturated heterocycles. The van der Waals surface area contributed by atoms with E-state index in [1.54, 1.807) is 24.3 Å². The molecule has 0 saturated carbocycles. The van der Waals surface area contributed by atoms with Gasteiger partial charge in [0.1, 0.15) is 27.7 Å². The predicted octanol–water partition coefficient (Wildman–Crippen LogP) is 5.05. The molecule has 1 fully saturated rings. The van der Waals surface area contributed by atoms with Crippen molar-refractivity contribution in [2.24, 2.45) is 5.92 Å². The van der Waals surface area contributed by atoms with Gasteiger partial charge in [-0.05, 0) is 49.3 Å². The minimum atomic E-state index is -0.871. The highest BCUT2D eigenvalue weighted by atomic mass is 32.1. The van der Waals surface area contributed by atoms with E-state index in [0.717, 1.165) is 18.7 Å². The van der Waals surface area contributed by atoms with Crippen LogP contribution >= 0.6 is 11.3 Å². The first-order valence-electron chi connectivity index (χ1n) is 13.1. The van der Waals surface area contributed by atoms with Gasteiger partial charge < -0.3 is 25.3 Å². The molecule has 1 atom stereocenters. The first-order valence-corrected chi connectivity index (χ1v) is 14.0. The molecule has 0 aliphatic carbocycles. The summed E-state index contributed by atoms with van der Waals surface area (Å²) in [6, 6.07) is 19.7. The van der Waals surface area contributed by atoms with E-state index < -0.39 is 23.5 Å². The summed E-state index contributed by atoms with van der Waals surface area (Å²) in [4.78, 5) is 40.2. The van der Waals surface area contributed by atoms with E-state index >= 15 is 0 Å². The molecule has 0 bridgehead atoms. The van der Waals surface area contributed by atoms with Crippen molar-refractivity contribution in [3.8, 4) is 11.5 Å². The van der Waals surface area contributed by atoms with Crippen molar-refractivity contribution in [3.63, 3.8) is 0 Å². The Morgan fingerprint density at radius 3 is 2.58 bits per heavy atom. The third-order valence-electron chi connectivity index (χ3n) is 7.79. The van der Waals surface area contributed by atoms with Crippen molar-refractivity contribution in [1.29, 1.82) is 0 Å². The molecule has 9 heteroatoms. The number of benzene rings is 3. The number of methoxy groups -OCH3 is 1. The highest BCUT2D eigenvalue weighted by Gasteiger charge is 2.50. The summed E-state index contributed by atoms with van der Waals surface area (Å²) >= 11 is 1.19. The summed E-state index contributed by atoms with van der Waals surface area (Å²) in [6.07, 6.45) is 1.93. The third-order valence-corrected chi connectivity index (χ3v) is 8.84. The number of thiophene rings is 1. The van der Waals surface area contributed by atoms with Crippen molar-refractivity contribution in [2.75, 3.05) is 25.9 Å². The van der Waals surface area contributed by atoms with Gasteiger partial charge in [0.05, 0.1) is 28.9 Å². The van der Waals surface area contributed by atoms with Crippen LogP contribution in [0.25, 0.3) is 10.1 Å². The van der Waals surface area contributed by atoms with E-state index in [9.17, 15) is 14.4 Å². The average Bonchev–Trinajstić information content (AvgIpc) is 3.32. The molecule has 1 spiro atoms. The molecule has 0 amide bonds. The number of ketones is 1. The largest absolute Gasteiger partial charge is 0.495 e. The lowest BCUT2D eigenvalue weighted by Gasteiger charge is -2.46. The van der Waals surface area contributed by atoms with Crippen molar-refractivity contribution >= 4 is 44.1 Å². The van der Waals surface area contributed by atoms with Crippen LogP contribution in [0.5, 0.6) is 11.5 Å². The SMILES string of the molecule is COc1cccc2c(C(=O)OC(=O)c3ccc4c(c3)C(=O)C(Cc3ccccc3)C3(CCNCC3)O4)c(N)sc12. The van der Waals surface area contributed by atoms with Gasteiger partial charge in [-0.25, -0.2) is 9.59 Å². The maximum absolute atomic E-state index is 14.0. The summed E-state index contributed by atoms with van der Waals surface area (Å²) < 4.78 is 17.9. The Hall–Kier alpha value is -4.21. The zero-order valence-corrected chi connectivity index (χ0v) is 22.7. The maximum Gasteiger partial charge on any atom is 0.349 e. The third kappa shape index (κ3) is 4.51. The van der Waals surface area contributed by atoms with Crippen molar-refractivity contribution < 1.29 is 28.6 Å². The maximum atomic E-state index is 14.0. The topological polar surface area (TPSA) is 117 Å². The van der Waals surface area contributed by atoms with Gasteiger partial charge in [-0.2, -0.15) is 0 Å². The number of carbonyl (C=O) groups is 3. The monoisotopic (exact) mass is 556 g/mol. The van der Waals surface area contributed by atoms with Gasteiger partial charge in [0.2, 0.25) is 0 Å². The van der Waals surface area contributed by atoms with Crippen molar-refractivity contribution in [2.45, 2.75) is 24.9 Å². The fraction of sp³-hybridized carbons (Fsp3) is 0.258. The molecule has 6 rings (SSSR count). The second-order valence-electron chi connectivity index (χ2n) is 10.1. The normalized spacial score (nSPS) is 17.7. The second kappa shape index (κ2) is 10.4. The number of carbonyl (C=O) groups excluding carboxylic acids is 3. The molecule has 8 nitrogen and oxygen atoms in total. The Morgan fingerprint density at radius 1 is 1.05 bits per heavy atom. The number of hydrogen-bond acceptors (Lipinski definition) is 9. The van der Waals surface area contributed by atoms with Crippen LogP contribution in [0, 0.1) is 5.92 Å². The smallest absolute Gasteiger partial charge is 0.349 e. The number of esters is 2. The molecule has 2 aliphatic rings. The molecule has 0 radical (unpaired) electrons. The zero-order valence-electron chi connectivity index (χ0n) is 21.9. The summed E-state index contributed by atoms with van der Waals surface area (Å²) in [6.45, 7) is 1.51. The molecule has 3 N–H and O–H groups in total. The Kier molecular flexibility index (Phi) is 6.77. The van der Waals surface area contributed by atoms with Crippen LogP contribution in [0.2, 0.25) is 0 Å². The number of nitrogen functional groups attached to an aromatic ring is 1. The van der Waals surface area contributed by atoms with Crippen LogP contribution in [0.4, 0.5) is 5.00 Å². The van der Waals surface area contributed by atoms with E-state index in [1.165, 1.54) is 30.6 Å². The zero-order chi connectivity index (χ0) is 27.9. The predicted molar refractivity (Wildman–Crippen MR) is 152 cm³/mol. The fourth-order valence-electron chi connectivity index (χ4n) is 5.76. The molecular formula is C31H28N2O6S. The minimum Gasteiger partial charge on any atom is -0.495 e. The summed E-state index contributed by atoms with van der Waals surface area (Å²) in [5, 5.41) is 4.13. The van der Waals surface area contributed by atoms with Gasteiger partial charge in [0, 0.05) is 18.2 Å². The summed E-state index contributed by atoms with van der Waals surface area (Å²) in [5.41, 5.74) is 7.07. The lowest BCUT2D eigenvalue weighted by atomic mass is 9.71. The van der Waals surface area contributed by atoms with Gasteiger partial charge in [-0.1, -0.05) is 42.5 Å². The minimum absolute atomic E-state index is 0.0758. The number of anilines is 1. The number of ether oxygens (including phenoxy) is 3. The van der Waals surface area contributed by atoms with E-state index in [-0.39, 0.29) is 21.9 Å². The number of hydrogen-bond donors (Lipinski definition) is 2. The van der Waals surface area contributed by atoms with Gasteiger partial charge in [-0.3, -0.25) is 4.79 Å². The van der Waals surface area contributed by atoms with Crippen LogP contribution in [0.1, 0.15) is 49.5 Å². The van der Waals surface area contributed by atoms with E-state index in [4.69, 9.17) is 19.9 Å². The van der Waals surface area contributed by atoms with Crippen LogP contribution in [0.3, 0.4) is 0 Å². The van der Waals surface area contributed by atoms with E-state index in [2.05, 4.69) is 5.32 Å². The fourth-order valence-corrected chi connectivity index (χ4v) is 6.81. The molecular weight excluding hydrogens is 528 g/mol. The molecule has 1 unspecified atom stereocenters. The molecule has 40 heavy (non-hydrogen) atoms. The highest BCUT2D eigenvalue weighted by Crippen LogP contribution is 2.44. The second-order valence-corrected chi connectivity index (χ2v) is 11.1. The standard InChI is InChI=1S/C31H28N2O6S/c1-37-24-9-5-8-20-25(28(32)40-27(20)24)30(36)38-29(35)19-10-11-23-21(17-19)26(34)22(16-18-6-3-2-4-7-18)31(39-23)12-14-33-15-13-31/h2-11,17,22,33H,12-16,32H2,1H3. The number of nitrogens with one attached hydrogen (secondary N) is 1. The first kappa shape index (κ1) is 26.0. The first-order chi connectivity index (χ1) is 19.4. The number of fused-ring (bicyclic) bond motifs is 2. The molecule has 1 aromatic heterocycles. The number of rotatable bonds is 5. The van der Waals surface area contributed by atoms with Gasteiger partial charge >= 0.3 is 11.9 Å². The molecule has 3 heterocycles. The summed E-state index contributed by atoms with van der Waals surface area (Å²) in [5.74, 6) is -1.21. The Balaban J connectivity index is 1.29. The lowest BCUT2D eigenvalue weighted by molar-refractivity contribution is -0.0208. The van der Waals surface area contributed by atoms with Gasteiger partial charge in [0.15, 0.2) is 5.78 Å². The number of piperidine rings is 1. The van der Waals surface area contributed by atoms with Gasteiger partial charge in [-0.15, -0.1) is 11.3 Å². The molecule has 4 aromatic rings. The molecule has 2 aliphatic heterocycles. The molecule has 204 valence electrons. The Morgan fingerprint density at radius 2 is 1.82 bits per heavy atom. The molecule has 3 aromatic carbocycles. The number of Topliss-reactive ketones (excluding diaryl/α,β-unsaturated/α-hetero) is 1. The van der Waals surface area contributed by atoms with Crippen LogP contribution in [-0.2, 0) is 11.2 Å². The quantitative estimate of drug-likeness (QED) is 0.259. The van der Waals surface area contributed by atoms with E-state index in [1.807, 2.05) is 30.3 Å². The van der Waals surface area contributed by atoms with Gasteiger partial charge in [0.25, 0.3) is 0 Å². The van der Waals surface area contributed by atoms with E-state index in [0.29, 0.717) is 46.4 Å². The Labute approximate surface area is 235 Å². The lowest BCUT2D eigenvalue weighted by Crippen LogP contribution is -2.56. The van der Waals surface area contributed by atoms with Crippen molar-refractivity contribution in [3.05, 3.63) is 89.0 Å².